The van der Waals surface area contributed by atoms with E-state index in [1.54, 1.807) is 29.0 Å². The Balaban J connectivity index is 1.66. The number of nitrogens with zero attached hydrogens (tertiary/aromatic N) is 5. The topological polar surface area (TPSA) is 77.2 Å². The van der Waals surface area contributed by atoms with E-state index in [2.05, 4.69) is 25.4 Å². The van der Waals surface area contributed by atoms with E-state index in [0.717, 1.165) is 30.6 Å². The highest BCUT2D eigenvalue weighted by Crippen LogP contribution is 2.32. The Kier molecular flexibility index (Phi) is 4.84. The normalized spacial score (nSPS) is 16.7. The third-order valence-corrected chi connectivity index (χ3v) is 5.19. The highest BCUT2D eigenvalue weighted by atomic mass is 19.1. The molecule has 8 heteroatoms. The molecule has 0 spiro atoms. The molecule has 1 aliphatic heterocycles. The van der Waals surface area contributed by atoms with Gasteiger partial charge >= 0.3 is 0 Å². The third-order valence-electron chi connectivity index (χ3n) is 5.19. The number of aryl methyl sites for hydroxylation is 1. The van der Waals surface area contributed by atoms with Gasteiger partial charge in [0.1, 0.15) is 11.8 Å². The fraction of sp³-hybridized carbons (Fsp3) is 0.273. The van der Waals surface area contributed by atoms with Crippen LogP contribution in [0.3, 0.4) is 0 Å². The first-order valence-electron chi connectivity index (χ1n) is 10.00. The number of rotatable bonds is 4. The number of ether oxygens (including phenoxy) is 1. The molecule has 0 aromatic carbocycles. The maximum atomic E-state index is 15.5. The molecule has 0 amide bonds. The highest BCUT2D eigenvalue weighted by molar-refractivity contribution is 5.77. The average Bonchev–Trinajstić information content (AvgIpc) is 3.20. The van der Waals surface area contributed by atoms with Gasteiger partial charge in [-0.15, -0.1) is 0 Å². The molecular weight excluding hydrogens is 383 g/mol. The second-order valence-electron chi connectivity index (χ2n) is 7.38. The number of hydrogen-bond donors (Lipinski definition) is 1. The van der Waals surface area contributed by atoms with Gasteiger partial charge in [-0.1, -0.05) is 6.07 Å². The zero-order valence-corrected chi connectivity index (χ0v) is 16.5. The van der Waals surface area contributed by atoms with Crippen LogP contribution < -0.4 is 10.1 Å². The first-order valence-corrected chi connectivity index (χ1v) is 10.00. The lowest BCUT2D eigenvalue weighted by molar-refractivity contribution is 0.153. The molecular formula is C22H21FN6O. The van der Waals surface area contributed by atoms with Crippen LogP contribution in [0.15, 0.2) is 48.9 Å². The second kappa shape index (κ2) is 7.79. The van der Waals surface area contributed by atoms with Crippen LogP contribution in [0, 0.1) is 12.7 Å². The van der Waals surface area contributed by atoms with Crippen LogP contribution in [0.2, 0.25) is 0 Å². The molecule has 1 N–H and O–H groups in total. The van der Waals surface area contributed by atoms with Gasteiger partial charge in [-0.3, -0.25) is 4.98 Å². The van der Waals surface area contributed by atoms with Crippen LogP contribution in [-0.2, 0) is 0 Å². The van der Waals surface area contributed by atoms with Crippen LogP contribution in [0.25, 0.3) is 28.2 Å². The molecule has 0 unspecified atom stereocenters. The van der Waals surface area contributed by atoms with E-state index in [1.807, 2.05) is 31.3 Å². The fourth-order valence-electron chi connectivity index (χ4n) is 3.69. The van der Waals surface area contributed by atoms with Crippen molar-refractivity contribution in [3.8, 4) is 28.5 Å². The summed E-state index contributed by atoms with van der Waals surface area (Å²) in [4.78, 5) is 13.2. The lowest BCUT2D eigenvalue weighted by Crippen LogP contribution is -2.37. The van der Waals surface area contributed by atoms with Crippen molar-refractivity contribution in [2.45, 2.75) is 25.9 Å². The number of nitrogens with one attached hydrogen (secondary N) is 1. The molecule has 1 saturated heterocycles. The van der Waals surface area contributed by atoms with Crippen molar-refractivity contribution in [3.05, 3.63) is 60.4 Å². The Morgan fingerprint density at radius 2 is 2.17 bits per heavy atom. The van der Waals surface area contributed by atoms with Crippen molar-refractivity contribution < 1.29 is 9.13 Å². The number of piperidine rings is 1. The summed E-state index contributed by atoms with van der Waals surface area (Å²) < 4.78 is 23.2. The zero-order chi connectivity index (χ0) is 20.5. The van der Waals surface area contributed by atoms with Crippen LogP contribution >= 0.6 is 0 Å². The van der Waals surface area contributed by atoms with Crippen molar-refractivity contribution in [1.29, 1.82) is 0 Å². The van der Waals surface area contributed by atoms with E-state index in [-0.39, 0.29) is 17.7 Å². The standard InChI is InChI=1S/C22H21FN6O/c1-14-11-15(7-9-25-14)20-19(23)22(30-16-5-4-8-24-12-16)28-21(27-20)17-13-26-29-10-3-2-6-18(17)29/h2-3,6-7,9-11,13,16,24H,4-5,8,12H2,1H3/t16-/m1/s1. The van der Waals surface area contributed by atoms with Gasteiger partial charge in [-0.2, -0.15) is 14.5 Å². The summed E-state index contributed by atoms with van der Waals surface area (Å²) in [6.07, 6.45) is 6.89. The maximum absolute atomic E-state index is 15.5. The molecule has 7 nitrogen and oxygen atoms in total. The van der Waals surface area contributed by atoms with Gasteiger partial charge in [-0.25, -0.2) is 9.50 Å². The fourth-order valence-corrected chi connectivity index (χ4v) is 3.69. The maximum Gasteiger partial charge on any atom is 0.255 e. The second-order valence-corrected chi connectivity index (χ2v) is 7.38. The number of pyridine rings is 2. The van der Waals surface area contributed by atoms with Gasteiger partial charge in [0, 0.05) is 30.2 Å². The van der Waals surface area contributed by atoms with E-state index >= 15 is 4.39 Å². The average molecular weight is 404 g/mol. The number of halogens is 1. The summed E-state index contributed by atoms with van der Waals surface area (Å²) in [5.74, 6) is -0.222. The summed E-state index contributed by atoms with van der Waals surface area (Å²) in [5.41, 5.74) is 3.16. The van der Waals surface area contributed by atoms with E-state index < -0.39 is 5.82 Å². The Morgan fingerprint density at radius 3 is 3.00 bits per heavy atom. The quantitative estimate of drug-likeness (QED) is 0.562. The highest BCUT2D eigenvalue weighted by Gasteiger charge is 2.23. The van der Waals surface area contributed by atoms with Gasteiger partial charge in [0.25, 0.3) is 5.88 Å². The summed E-state index contributed by atoms with van der Waals surface area (Å²) in [7, 11) is 0. The van der Waals surface area contributed by atoms with Crippen LogP contribution in [-0.4, -0.2) is 43.8 Å². The van der Waals surface area contributed by atoms with Gasteiger partial charge < -0.3 is 10.1 Å². The SMILES string of the molecule is Cc1cc(-c2nc(-c3cnn4ccccc34)nc(O[C@@H]3CCCNC3)c2F)ccn1. The molecule has 0 aliphatic carbocycles. The van der Waals surface area contributed by atoms with E-state index in [4.69, 9.17) is 4.74 Å². The number of fused-ring (bicyclic) bond motifs is 1. The van der Waals surface area contributed by atoms with Crippen molar-refractivity contribution in [1.82, 2.24) is 29.9 Å². The number of hydrogen-bond acceptors (Lipinski definition) is 6. The minimum Gasteiger partial charge on any atom is -0.471 e. The Morgan fingerprint density at radius 1 is 1.23 bits per heavy atom. The molecule has 4 aromatic rings. The smallest absolute Gasteiger partial charge is 0.255 e. The predicted molar refractivity (Wildman–Crippen MR) is 111 cm³/mol. The molecule has 1 atom stereocenters. The van der Waals surface area contributed by atoms with Gasteiger partial charge in [0.15, 0.2) is 5.82 Å². The third kappa shape index (κ3) is 3.50. The molecule has 5 heterocycles. The monoisotopic (exact) mass is 404 g/mol. The molecule has 30 heavy (non-hydrogen) atoms. The zero-order valence-electron chi connectivity index (χ0n) is 16.5. The summed E-state index contributed by atoms with van der Waals surface area (Å²) >= 11 is 0. The van der Waals surface area contributed by atoms with Gasteiger partial charge in [-0.05, 0) is 50.6 Å². The van der Waals surface area contributed by atoms with Crippen molar-refractivity contribution in [3.63, 3.8) is 0 Å². The van der Waals surface area contributed by atoms with Crippen LogP contribution in [0.1, 0.15) is 18.5 Å². The summed E-state index contributed by atoms with van der Waals surface area (Å²) in [6.45, 7) is 3.47. The summed E-state index contributed by atoms with van der Waals surface area (Å²) in [5, 5.41) is 7.64. The largest absolute Gasteiger partial charge is 0.471 e. The van der Waals surface area contributed by atoms with Crippen molar-refractivity contribution in [2.24, 2.45) is 0 Å². The van der Waals surface area contributed by atoms with Gasteiger partial charge in [0.2, 0.25) is 5.82 Å². The van der Waals surface area contributed by atoms with Crippen LogP contribution in [0.5, 0.6) is 5.88 Å². The lowest BCUT2D eigenvalue weighted by atomic mass is 10.1. The first-order chi connectivity index (χ1) is 14.7. The Labute approximate surface area is 173 Å². The molecule has 0 saturated carbocycles. The van der Waals surface area contributed by atoms with E-state index in [9.17, 15) is 0 Å². The molecule has 0 bridgehead atoms. The number of aromatic nitrogens is 5. The lowest BCUT2D eigenvalue weighted by Gasteiger charge is -2.24. The molecule has 152 valence electrons. The molecule has 4 aromatic heterocycles. The summed E-state index contributed by atoms with van der Waals surface area (Å²) in [6, 6.07) is 9.28. The van der Waals surface area contributed by atoms with Crippen molar-refractivity contribution >= 4 is 5.52 Å². The van der Waals surface area contributed by atoms with Crippen LogP contribution in [0.4, 0.5) is 4.39 Å². The molecule has 0 radical (unpaired) electrons. The molecule has 1 aliphatic rings. The minimum atomic E-state index is -0.564. The predicted octanol–water partition coefficient (Wildman–Crippen LogP) is 3.43. The Hall–Kier alpha value is -3.39. The van der Waals surface area contributed by atoms with E-state index in [0.29, 0.717) is 23.5 Å². The van der Waals surface area contributed by atoms with Crippen molar-refractivity contribution in [2.75, 3.05) is 13.1 Å². The first kappa shape index (κ1) is 18.6. The Bertz CT molecular complexity index is 1200. The minimum absolute atomic E-state index is 0.0338. The molecule has 1 fully saturated rings. The molecule has 5 rings (SSSR count). The van der Waals surface area contributed by atoms with E-state index in [1.165, 1.54) is 0 Å². The van der Waals surface area contributed by atoms with Gasteiger partial charge in [0.05, 0.1) is 17.3 Å².